The van der Waals surface area contributed by atoms with E-state index in [1.54, 1.807) is 7.05 Å². The van der Waals surface area contributed by atoms with E-state index in [0.29, 0.717) is 6.54 Å². The van der Waals surface area contributed by atoms with Crippen molar-refractivity contribution in [1.82, 2.24) is 15.2 Å². The first-order valence-corrected chi connectivity index (χ1v) is 8.54. The molecule has 1 fully saturated rings. The third kappa shape index (κ3) is 5.06. The van der Waals surface area contributed by atoms with Gasteiger partial charge in [0.2, 0.25) is 0 Å². The Labute approximate surface area is 171 Å². The number of rotatable bonds is 3. The van der Waals surface area contributed by atoms with Gasteiger partial charge in [0.05, 0.1) is 12.2 Å². The number of aliphatic imine (C=N–C) groups is 1. The van der Waals surface area contributed by atoms with Crippen LogP contribution in [0.25, 0.3) is 0 Å². The van der Waals surface area contributed by atoms with Gasteiger partial charge < -0.3 is 15.1 Å². The van der Waals surface area contributed by atoms with E-state index in [1.165, 1.54) is 17.7 Å². The van der Waals surface area contributed by atoms with Crippen LogP contribution in [-0.4, -0.2) is 49.1 Å². The molecule has 1 aliphatic rings. The van der Waals surface area contributed by atoms with Crippen LogP contribution in [0, 0.1) is 12.7 Å². The molecule has 0 saturated carbocycles. The Morgan fingerprint density at radius 3 is 2.46 bits per heavy atom. The van der Waals surface area contributed by atoms with E-state index in [1.807, 2.05) is 24.4 Å². The van der Waals surface area contributed by atoms with Gasteiger partial charge in [0.25, 0.3) is 0 Å². The number of nitrogens with one attached hydrogen (secondary N) is 1. The first-order valence-electron chi connectivity index (χ1n) is 8.54. The number of aryl methyl sites for hydroxylation is 1. The van der Waals surface area contributed by atoms with Crippen LogP contribution in [0.5, 0.6) is 0 Å². The van der Waals surface area contributed by atoms with Crippen LogP contribution >= 0.6 is 24.0 Å². The molecule has 1 aliphatic heterocycles. The zero-order chi connectivity index (χ0) is 17.6. The Kier molecular flexibility index (Phi) is 7.62. The van der Waals surface area contributed by atoms with Crippen molar-refractivity contribution in [3.8, 4) is 0 Å². The molecule has 0 spiro atoms. The van der Waals surface area contributed by atoms with Gasteiger partial charge >= 0.3 is 0 Å². The second-order valence-electron chi connectivity index (χ2n) is 6.12. The van der Waals surface area contributed by atoms with Crippen molar-refractivity contribution in [2.24, 2.45) is 4.99 Å². The molecule has 0 amide bonds. The topological polar surface area (TPSA) is 43.8 Å². The number of halogens is 2. The van der Waals surface area contributed by atoms with Gasteiger partial charge in [-0.05, 0) is 42.8 Å². The van der Waals surface area contributed by atoms with E-state index in [2.05, 4.69) is 38.1 Å². The van der Waals surface area contributed by atoms with E-state index in [4.69, 9.17) is 0 Å². The summed E-state index contributed by atoms with van der Waals surface area (Å²) >= 11 is 0. The zero-order valence-electron chi connectivity index (χ0n) is 15.2. The highest BCUT2D eigenvalue weighted by atomic mass is 127. The number of nitrogens with zero attached hydrogens (tertiary/aromatic N) is 4. The number of guanidine groups is 1. The number of pyridine rings is 1. The van der Waals surface area contributed by atoms with Crippen molar-refractivity contribution >= 4 is 35.6 Å². The minimum atomic E-state index is -0.197. The van der Waals surface area contributed by atoms with E-state index in [9.17, 15) is 4.39 Å². The fraction of sp³-hybridized carbons (Fsp3) is 0.368. The maximum absolute atomic E-state index is 13.1. The van der Waals surface area contributed by atoms with E-state index < -0.39 is 0 Å². The molecule has 140 valence electrons. The Bertz CT molecular complexity index is 727. The van der Waals surface area contributed by atoms with Crippen LogP contribution in [-0.2, 0) is 6.54 Å². The van der Waals surface area contributed by atoms with Crippen molar-refractivity contribution in [2.75, 3.05) is 38.1 Å². The molecule has 0 unspecified atom stereocenters. The second-order valence-corrected chi connectivity index (χ2v) is 6.12. The summed E-state index contributed by atoms with van der Waals surface area (Å²) in [6, 6.07) is 10.7. The second kappa shape index (κ2) is 9.70. The largest absolute Gasteiger partial charge is 0.368 e. The third-order valence-corrected chi connectivity index (χ3v) is 4.51. The molecular formula is C19H25FIN5. The van der Waals surface area contributed by atoms with Crippen LogP contribution in [0.2, 0.25) is 0 Å². The maximum atomic E-state index is 13.1. The number of hydrogen-bond acceptors (Lipinski definition) is 3. The molecule has 2 aromatic rings. The Balaban J connectivity index is 0.00000243. The lowest BCUT2D eigenvalue weighted by molar-refractivity contribution is 0.372. The zero-order valence-corrected chi connectivity index (χ0v) is 17.5. The van der Waals surface area contributed by atoms with Crippen LogP contribution in [0.15, 0.2) is 47.6 Å². The van der Waals surface area contributed by atoms with Crippen molar-refractivity contribution < 1.29 is 4.39 Å². The number of hydrogen-bond donors (Lipinski definition) is 1. The molecular weight excluding hydrogens is 444 g/mol. The summed E-state index contributed by atoms with van der Waals surface area (Å²) in [6.45, 7) is 6.24. The summed E-state index contributed by atoms with van der Waals surface area (Å²) in [5.74, 6) is 0.695. The predicted molar refractivity (Wildman–Crippen MR) is 115 cm³/mol. The predicted octanol–water partition coefficient (Wildman–Crippen LogP) is 3.04. The fourth-order valence-electron chi connectivity index (χ4n) is 3.03. The summed E-state index contributed by atoms with van der Waals surface area (Å²) in [7, 11) is 1.81. The average Bonchev–Trinajstić information content (AvgIpc) is 2.65. The van der Waals surface area contributed by atoms with Gasteiger partial charge in [0.1, 0.15) is 5.82 Å². The third-order valence-electron chi connectivity index (χ3n) is 4.51. The van der Waals surface area contributed by atoms with Gasteiger partial charge in [-0.1, -0.05) is 6.07 Å². The number of benzene rings is 1. The van der Waals surface area contributed by atoms with E-state index >= 15 is 0 Å². The number of piperazine rings is 1. The Morgan fingerprint density at radius 1 is 1.15 bits per heavy atom. The van der Waals surface area contributed by atoms with Gasteiger partial charge in [-0.15, -0.1) is 24.0 Å². The summed E-state index contributed by atoms with van der Waals surface area (Å²) < 4.78 is 13.1. The highest BCUT2D eigenvalue weighted by Gasteiger charge is 2.20. The molecule has 26 heavy (non-hydrogen) atoms. The van der Waals surface area contributed by atoms with Gasteiger partial charge in [-0.25, -0.2) is 4.39 Å². The monoisotopic (exact) mass is 469 g/mol. The molecule has 0 atom stereocenters. The quantitative estimate of drug-likeness (QED) is 0.427. The molecule has 1 aromatic carbocycles. The smallest absolute Gasteiger partial charge is 0.194 e. The first-order chi connectivity index (χ1) is 12.2. The summed E-state index contributed by atoms with van der Waals surface area (Å²) in [6.07, 6.45) is 1.81. The molecule has 0 bridgehead atoms. The van der Waals surface area contributed by atoms with E-state index in [0.717, 1.165) is 43.5 Å². The van der Waals surface area contributed by atoms with Crippen LogP contribution in [0.1, 0.15) is 11.3 Å². The van der Waals surface area contributed by atoms with E-state index in [-0.39, 0.29) is 29.8 Å². The maximum Gasteiger partial charge on any atom is 0.194 e. The molecule has 2 heterocycles. The molecule has 1 N–H and O–H groups in total. The molecule has 5 nitrogen and oxygen atoms in total. The average molecular weight is 469 g/mol. The fourth-order valence-corrected chi connectivity index (χ4v) is 3.03. The van der Waals surface area contributed by atoms with Gasteiger partial charge in [0.15, 0.2) is 5.96 Å². The van der Waals surface area contributed by atoms with Crippen LogP contribution in [0.4, 0.5) is 10.1 Å². The Morgan fingerprint density at radius 2 is 1.85 bits per heavy atom. The lowest BCUT2D eigenvalue weighted by Gasteiger charge is -2.37. The Hall–Kier alpha value is -1.90. The molecule has 1 aromatic heterocycles. The molecule has 7 heteroatoms. The van der Waals surface area contributed by atoms with Crippen LogP contribution in [0.3, 0.4) is 0 Å². The summed E-state index contributed by atoms with van der Waals surface area (Å²) in [5.41, 5.74) is 3.27. The van der Waals surface area contributed by atoms with Gasteiger partial charge in [-0.2, -0.15) is 0 Å². The minimum Gasteiger partial charge on any atom is -0.368 e. The molecule has 0 radical (unpaired) electrons. The standard InChI is InChI=1S/C19H24FN5.HI/c1-15-4-3-9-22-18(15)14-23-19(21-2)25-12-10-24(11-13-25)17-7-5-16(20)6-8-17;/h3-9H,10-14H2,1-2H3,(H,21,23);1H. The number of anilines is 1. The highest BCUT2D eigenvalue weighted by molar-refractivity contribution is 14.0. The molecule has 1 saturated heterocycles. The SMILES string of the molecule is CN=C(NCc1ncccc1C)N1CCN(c2ccc(F)cc2)CC1.I. The van der Waals surface area contributed by atoms with Crippen molar-refractivity contribution in [1.29, 1.82) is 0 Å². The lowest BCUT2D eigenvalue weighted by Crippen LogP contribution is -2.52. The lowest BCUT2D eigenvalue weighted by atomic mass is 10.2. The highest BCUT2D eigenvalue weighted by Crippen LogP contribution is 2.17. The number of aromatic nitrogens is 1. The van der Waals surface area contributed by atoms with Gasteiger partial charge in [0, 0.05) is 45.1 Å². The first kappa shape index (κ1) is 20.4. The van der Waals surface area contributed by atoms with Crippen LogP contribution < -0.4 is 10.2 Å². The van der Waals surface area contributed by atoms with Gasteiger partial charge in [-0.3, -0.25) is 9.98 Å². The van der Waals surface area contributed by atoms with Crippen molar-refractivity contribution in [3.05, 3.63) is 59.7 Å². The molecule has 0 aliphatic carbocycles. The summed E-state index contributed by atoms with van der Waals surface area (Å²) in [4.78, 5) is 13.3. The minimum absolute atomic E-state index is 0. The summed E-state index contributed by atoms with van der Waals surface area (Å²) in [5, 5.41) is 3.40. The van der Waals surface area contributed by atoms with Crippen molar-refractivity contribution in [3.63, 3.8) is 0 Å². The molecule has 3 rings (SSSR count). The van der Waals surface area contributed by atoms with Crippen molar-refractivity contribution in [2.45, 2.75) is 13.5 Å². The normalized spacial score (nSPS) is 14.8.